The third-order valence-corrected chi connectivity index (χ3v) is 3.71. The first-order chi connectivity index (χ1) is 7.83. The van der Waals surface area contributed by atoms with Crippen molar-refractivity contribution in [1.82, 2.24) is 4.72 Å². The lowest BCUT2D eigenvalue weighted by atomic mass is 10.3. The van der Waals surface area contributed by atoms with Crippen LogP contribution >= 0.6 is 11.6 Å². The predicted molar refractivity (Wildman–Crippen MR) is 61.5 cm³/mol. The second-order valence-electron chi connectivity index (χ2n) is 3.54. The topological polar surface area (TPSA) is 46.2 Å². The maximum absolute atomic E-state index is 12.9. The Hall–Kier alpha value is -0.720. The van der Waals surface area contributed by atoms with Crippen molar-refractivity contribution in [3.8, 4) is 0 Å². The molecule has 3 nitrogen and oxygen atoms in total. The molecule has 0 bridgehead atoms. The molecule has 0 saturated carbocycles. The van der Waals surface area contributed by atoms with Crippen LogP contribution in [0.2, 0.25) is 0 Å². The lowest BCUT2D eigenvalue weighted by Crippen LogP contribution is -2.26. The number of sulfonamides is 1. The van der Waals surface area contributed by atoms with Crippen molar-refractivity contribution in [2.45, 2.75) is 23.6 Å². The second kappa shape index (κ2) is 5.75. The van der Waals surface area contributed by atoms with Crippen LogP contribution in [0.5, 0.6) is 0 Å². The predicted octanol–water partition coefficient (Wildman–Crippen LogP) is 2.26. The fourth-order valence-electron chi connectivity index (χ4n) is 1.12. The standard InChI is InChI=1S/C10H12ClF2NO2S/c1-7(11)4-5-14-17(15,16)8-2-3-9(12)10(13)6-8/h2-3,6-7,14H,4-5H2,1H3. The van der Waals surface area contributed by atoms with E-state index in [1.165, 1.54) is 0 Å². The van der Waals surface area contributed by atoms with Gasteiger partial charge < -0.3 is 0 Å². The maximum Gasteiger partial charge on any atom is 0.240 e. The van der Waals surface area contributed by atoms with Crippen LogP contribution in [0.4, 0.5) is 8.78 Å². The SMILES string of the molecule is CC(Cl)CCNS(=O)(=O)c1ccc(F)c(F)c1. The van der Waals surface area contributed by atoms with Gasteiger partial charge >= 0.3 is 0 Å². The van der Waals surface area contributed by atoms with Gasteiger partial charge in [-0.25, -0.2) is 21.9 Å². The highest BCUT2D eigenvalue weighted by Crippen LogP contribution is 2.13. The van der Waals surface area contributed by atoms with E-state index in [0.717, 1.165) is 12.1 Å². The average molecular weight is 284 g/mol. The number of hydrogen-bond donors (Lipinski definition) is 1. The van der Waals surface area contributed by atoms with Gasteiger partial charge in [-0.3, -0.25) is 0 Å². The van der Waals surface area contributed by atoms with Gasteiger partial charge in [-0.15, -0.1) is 11.6 Å². The summed E-state index contributed by atoms with van der Waals surface area (Å²) in [4.78, 5) is -0.307. The van der Waals surface area contributed by atoms with Gasteiger partial charge in [0.25, 0.3) is 0 Å². The minimum atomic E-state index is -3.81. The molecular weight excluding hydrogens is 272 g/mol. The van der Waals surface area contributed by atoms with Gasteiger partial charge in [-0.2, -0.15) is 0 Å². The van der Waals surface area contributed by atoms with Gasteiger partial charge in [0, 0.05) is 11.9 Å². The Labute approximate surface area is 104 Å². The summed E-state index contributed by atoms with van der Waals surface area (Å²) in [5.41, 5.74) is 0. The summed E-state index contributed by atoms with van der Waals surface area (Å²) in [6.45, 7) is 1.87. The van der Waals surface area contributed by atoms with Gasteiger partial charge in [-0.1, -0.05) is 0 Å². The van der Waals surface area contributed by atoms with Crippen LogP contribution in [0.1, 0.15) is 13.3 Å². The number of benzene rings is 1. The van der Waals surface area contributed by atoms with Crippen LogP contribution in [-0.2, 0) is 10.0 Å². The molecule has 0 amide bonds. The van der Waals surface area contributed by atoms with E-state index >= 15 is 0 Å². The fraction of sp³-hybridized carbons (Fsp3) is 0.400. The highest BCUT2D eigenvalue weighted by Gasteiger charge is 2.16. The van der Waals surface area contributed by atoms with E-state index < -0.39 is 21.7 Å². The van der Waals surface area contributed by atoms with E-state index in [2.05, 4.69) is 4.72 Å². The van der Waals surface area contributed by atoms with Gasteiger partial charge in [0.05, 0.1) is 4.90 Å². The lowest BCUT2D eigenvalue weighted by molar-refractivity contribution is 0.504. The molecule has 0 heterocycles. The second-order valence-corrected chi connectivity index (χ2v) is 6.06. The minimum Gasteiger partial charge on any atom is -0.211 e. The Kier molecular flexibility index (Phi) is 4.85. The normalized spacial score (nSPS) is 13.6. The molecular formula is C10H12ClF2NO2S. The molecule has 0 aliphatic carbocycles. The molecule has 0 radical (unpaired) electrons. The van der Waals surface area contributed by atoms with Gasteiger partial charge in [0.15, 0.2) is 11.6 Å². The fourth-order valence-corrected chi connectivity index (χ4v) is 2.29. The number of hydrogen-bond acceptors (Lipinski definition) is 2. The molecule has 7 heteroatoms. The van der Waals surface area contributed by atoms with Crippen molar-refractivity contribution in [2.24, 2.45) is 0 Å². The summed E-state index contributed by atoms with van der Waals surface area (Å²) in [6, 6.07) is 2.42. The number of alkyl halides is 1. The Morgan fingerprint density at radius 3 is 2.53 bits per heavy atom. The number of nitrogens with one attached hydrogen (secondary N) is 1. The first kappa shape index (κ1) is 14.3. The third kappa shape index (κ3) is 4.22. The molecule has 17 heavy (non-hydrogen) atoms. The van der Waals surface area contributed by atoms with E-state index in [0.29, 0.717) is 12.5 Å². The van der Waals surface area contributed by atoms with Crippen molar-refractivity contribution in [2.75, 3.05) is 6.54 Å². The first-order valence-electron chi connectivity index (χ1n) is 4.91. The summed E-state index contributed by atoms with van der Waals surface area (Å²) in [5.74, 6) is -2.28. The van der Waals surface area contributed by atoms with Crippen molar-refractivity contribution in [1.29, 1.82) is 0 Å². The molecule has 1 atom stereocenters. The van der Waals surface area contributed by atoms with Crippen LogP contribution < -0.4 is 4.72 Å². The molecule has 0 aliphatic heterocycles. The molecule has 0 fully saturated rings. The summed E-state index contributed by atoms with van der Waals surface area (Å²) in [5, 5.41) is -0.164. The summed E-state index contributed by atoms with van der Waals surface area (Å²) in [6.07, 6.45) is 0.449. The zero-order chi connectivity index (χ0) is 13.1. The Bertz CT molecular complexity index is 491. The average Bonchev–Trinajstić information content (AvgIpc) is 2.21. The quantitative estimate of drug-likeness (QED) is 0.843. The monoisotopic (exact) mass is 283 g/mol. The van der Waals surface area contributed by atoms with Crippen LogP contribution in [0.25, 0.3) is 0 Å². The van der Waals surface area contributed by atoms with Crippen LogP contribution in [-0.4, -0.2) is 20.3 Å². The van der Waals surface area contributed by atoms with Crippen molar-refractivity contribution in [3.63, 3.8) is 0 Å². The molecule has 0 aromatic heterocycles. The van der Waals surface area contributed by atoms with Crippen LogP contribution in [0.3, 0.4) is 0 Å². The molecule has 1 aromatic rings. The molecule has 1 rings (SSSR count). The largest absolute Gasteiger partial charge is 0.240 e. The van der Waals surface area contributed by atoms with Crippen molar-refractivity contribution in [3.05, 3.63) is 29.8 Å². The molecule has 0 saturated heterocycles. The first-order valence-corrected chi connectivity index (χ1v) is 6.83. The van der Waals surface area contributed by atoms with E-state index in [4.69, 9.17) is 11.6 Å². The molecule has 96 valence electrons. The van der Waals surface area contributed by atoms with Crippen molar-refractivity contribution >= 4 is 21.6 Å². The van der Waals surface area contributed by atoms with E-state index in [1.54, 1.807) is 6.92 Å². The Balaban J connectivity index is 2.79. The third-order valence-electron chi connectivity index (χ3n) is 2.04. The van der Waals surface area contributed by atoms with Crippen LogP contribution in [0, 0.1) is 11.6 Å². The lowest BCUT2D eigenvalue weighted by Gasteiger charge is -2.07. The van der Waals surface area contributed by atoms with Crippen LogP contribution in [0.15, 0.2) is 23.1 Å². The highest BCUT2D eigenvalue weighted by atomic mass is 35.5. The molecule has 1 N–H and O–H groups in total. The number of halogens is 3. The van der Waals surface area contributed by atoms with Gasteiger partial charge in [-0.05, 0) is 31.5 Å². The molecule has 0 spiro atoms. The van der Waals surface area contributed by atoms with E-state index in [-0.39, 0.29) is 16.8 Å². The summed E-state index contributed by atoms with van der Waals surface area (Å²) >= 11 is 5.65. The zero-order valence-electron chi connectivity index (χ0n) is 9.08. The minimum absolute atomic E-state index is 0.145. The van der Waals surface area contributed by atoms with E-state index in [9.17, 15) is 17.2 Å². The van der Waals surface area contributed by atoms with Crippen molar-refractivity contribution < 1.29 is 17.2 Å². The Morgan fingerprint density at radius 2 is 2.00 bits per heavy atom. The molecule has 0 aliphatic rings. The summed E-state index contributed by atoms with van der Waals surface area (Å²) < 4.78 is 51.0. The van der Waals surface area contributed by atoms with Gasteiger partial charge in [0.2, 0.25) is 10.0 Å². The summed E-state index contributed by atoms with van der Waals surface area (Å²) in [7, 11) is -3.81. The molecule has 1 unspecified atom stereocenters. The van der Waals surface area contributed by atoms with E-state index in [1.807, 2.05) is 0 Å². The smallest absolute Gasteiger partial charge is 0.211 e. The van der Waals surface area contributed by atoms with Gasteiger partial charge in [0.1, 0.15) is 0 Å². The molecule has 1 aromatic carbocycles. The zero-order valence-corrected chi connectivity index (χ0v) is 10.7. The maximum atomic E-state index is 12.9. The Morgan fingerprint density at radius 1 is 1.35 bits per heavy atom. The number of rotatable bonds is 5. The highest BCUT2D eigenvalue weighted by molar-refractivity contribution is 7.89.